The molecule has 2 aromatic rings. The summed E-state index contributed by atoms with van der Waals surface area (Å²) in [6.07, 6.45) is -5.33. The van der Waals surface area contributed by atoms with E-state index in [1.807, 2.05) is 0 Å². The lowest BCUT2D eigenvalue weighted by Gasteiger charge is -2.14. The molecule has 7 nitrogen and oxygen atoms in total. The molecule has 10 heteroatoms. The van der Waals surface area contributed by atoms with Crippen LogP contribution >= 0.6 is 0 Å². The van der Waals surface area contributed by atoms with Gasteiger partial charge in [0.05, 0.1) is 25.2 Å². The van der Waals surface area contributed by atoms with Crippen molar-refractivity contribution in [1.29, 1.82) is 0 Å². The zero-order valence-corrected chi connectivity index (χ0v) is 17.7. The number of rotatable bonds is 7. The van der Waals surface area contributed by atoms with Crippen molar-refractivity contribution in [3.63, 3.8) is 0 Å². The highest BCUT2D eigenvalue weighted by Crippen LogP contribution is 2.31. The summed E-state index contributed by atoms with van der Waals surface area (Å²) < 4.78 is 53.9. The lowest BCUT2D eigenvalue weighted by molar-refractivity contribution is -0.153. The number of alkyl halides is 3. The summed E-state index contributed by atoms with van der Waals surface area (Å²) in [6, 6.07) is 8.65. The van der Waals surface area contributed by atoms with Gasteiger partial charge in [-0.3, -0.25) is 14.4 Å². The molecule has 0 aliphatic carbocycles. The Hall–Kier alpha value is -3.56. The van der Waals surface area contributed by atoms with Crippen LogP contribution in [-0.4, -0.2) is 37.0 Å². The summed E-state index contributed by atoms with van der Waals surface area (Å²) in [5.41, 5.74) is -0.362. The third-order valence-corrected chi connectivity index (χ3v) is 4.78. The van der Waals surface area contributed by atoms with Gasteiger partial charge in [-0.15, -0.1) is 0 Å². The number of ether oxygens (including phenoxy) is 3. The molecule has 1 atom stereocenters. The first-order valence-electron chi connectivity index (χ1n) is 10.2. The fraction of sp³-hybridized carbons (Fsp3) is 0.348. The van der Waals surface area contributed by atoms with Gasteiger partial charge in [0.25, 0.3) is 5.91 Å². The number of benzene rings is 2. The van der Waals surface area contributed by atoms with Crippen LogP contribution in [0.1, 0.15) is 42.1 Å². The highest BCUT2D eigenvalue weighted by Gasteiger charge is 2.30. The monoisotopic (exact) mass is 465 g/mol. The van der Waals surface area contributed by atoms with Gasteiger partial charge in [-0.2, -0.15) is 13.2 Å². The number of ketones is 1. The topological polar surface area (TPSA) is 90.9 Å². The number of carbonyl (C=O) groups excluding carboxylic acids is 3. The molecule has 0 fully saturated rings. The second-order valence-corrected chi connectivity index (χ2v) is 7.33. The zero-order chi connectivity index (χ0) is 24.0. The van der Waals surface area contributed by atoms with Gasteiger partial charge in [-0.25, -0.2) is 0 Å². The fourth-order valence-electron chi connectivity index (χ4n) is 2.99. The van der Waals surface area contributed by atoms with Crippen LogP contribution in [0.5, 0.6) is 11.5 Å². The Bertz CT molecular complexity index is 1020. The van der Waals surface area contributed by atoms with Crippen molar-refractivity contribution in [1.82, 2.24) is 0 Å². The van der Waals surface area contributed by atoms with Gasteiger partial charge in [-0.1, -0.05) is 0 Å². The van der Waals surface area contributed by atoms with Gasteiger partial charge in [0.2, 0.25) is 0 Å². The van der Waals surface area contributed by atoms with Crippen LogP contribution in [0.3, 0.4) is 0 Å². The molecule has 0 saturated carbocycles. The number of fused-ring (bicyclic) bond motifs is 1. The first kappa shape index (κ1) is 24.1. The summed E-state index contributed by atoms with van der Waals surface area (Å²) >= 11 is 0. The Balaban J connectivity index is 1.47. The maximum atomic E-state index is 12.6. The summed E-state index contributed by atoms with van der Waals surface area (Å²) in [5, 5.41) is 2.37. The van der Waals surface area contributed by atoms with Gasteiger partial charge in [-0.05, 0) is 49.4 Å². The second kappa shape index (κ2) is 10.4. The highest BCUT2D eigenvalue weighted by molar-refractivity contribution is 5.98. The van der Waals surface area contributed by atoms with Gasteiger partial charge < -0.3 is 19.5 Å². The first-order chi connectivity index (χ1) is 15.6. The number of amides is 1. The maximum absolute atomic E-state index is 12.6. The van der Waals surface area contributed by atoms with Crippen LogP contribution in [0, 0.1) is 0 Å². The van der Waals surface area contributed by atoms with E-state index in [1.165, 1.54) is 6.92 Å². The third-order valence-electron chi connectivity index (χ3n) is 4.78. The molecule has 0 aromatic heterocycles. The maximum Gasteiger partial charge on any atom is 0.416 e. The minimum absolute atomic E-state index is 0.125. The van der Waals surface area contributed by atoms with Crippen LogP contribution < -0.4 is 14.8 Å². The first-order valence-corrected chi connectivity index (χ1v) is 10.2. The van der Waals surface area contributed by atoms with E-state index in [9.17, 15) is 27.6 Å². The van der Waals surface area contributed by atoms with E-state index >= 15 is 0 Å². The largest absolute Gasteiger partial charge is 0.490 e. The lowest BCUT2D eigenvalue weighted by atomic mass is 10.1. The van der Waals surface area contributed by atoms with E-state index in [4.69, 9.17) is 14.2 Å². The Labute approximate surface area is 187 Å². The molecule has 176 valence electrons. The van der Waals surface area contributed by atoms with Gasteiger partial charge in [0.1, 0.15) is 0 Å². The summed E-state index contributed by atoms with van der Waals surface area (Å²) in [5.74, 6) is -0.750. The fourth-order valence-corrected chi connectivity index (χ4v) is 2.99. The van der Waals surface area contributed by atoms with Crippen molar-refractivity contribution < 1.29 is 41.8 Å². The average Bonchev–Trinajstić information content (AvgIpc) is 3.02. The Kier molecular flexibility index (Phi) is 7.57. The molecule has 1 aliphatic rings. The number of halogens is 3. The van der Waals surface area contributed by atoms with Crippen molar-refractivity contribution in [3.05, 3.63) is 53.6 Å². The lowest BCUT2D eigenvalue weighted by Crippen LogP contribution is -2.30. The Morgan fingerprint density at radius 2 is 1.67 bits per heavy atom. The molecule has 3 rings (SSSR count). The van der Waals surface area contributed by atoms with E-state index in [1.54, 1.807) is 18.2 Å². The standard InChI is InChI=1S/C23H22F3NO6/c1-14(22(30)27-17-6-4-16(5-7-17)23(24,25)26)33-21(29)10-8-18(28)15-3-9-19-20(13-15)32-12-2-11-31-19/h3-7,9,13-14H,2,8,10-12H2,1H3,(H,27,30)/t14-/m1/s1. The predicted molar refractivity (Wildman–Crippen MR) is 111 cm³/mol. The van der Waals surface area contributed by atoms with E-state index < -0.39 is 29.7 Å². The SMILES string of the molecule is C[C@@H](OC(=O)CCC(=O)c1ccc2c(c1)OCCCO2)C(=O)Nc1ccc(C(F)(F)F)cc1. The van der Waals surface area contributed by atoms with Crippen LogP contribution in [0.15, 0.2) is 42.5 Å². The van der Waals surface area contributed by atoms with E-state index in [-0.39, 0.29) is 24.3 Å². The molecule has 0 radical (unpaired) electrons. The molecule has 1 N–H and O–H groups in total. The average molecular weight is 465 g/mol. The molecule has 2 aromatic carbocycles. The van der Waals surface area contributed by atoms with Gasteiger partial charge >= 0.3 is 12.1 Å². The molecule has 0 saturated heterocycles. The van der Waals surface area contributed by atoms with Crippen molar-refractivity contribution >= 4 is 23.3 Å². The molecule has 0 unspecified atom stereocenters. The molecule has 1 heterocycles. The van der Waals surface area contributed by atoms with Crippen LogP contribution in [0.25, 0.3) is 0 Å². The van der Waals surface area contributed by atoms with Crippen LogP contribution in [0.4, 0.5) is 18.9 Å². The summed E-state index contributed by atoms with van der Waals surface area (Å²) in [7, 11) is 0. The molecule has 1 amide bonds. The Morgan fingerprint density at radius 1 is 1.00 bits per heavy atom. The normalized spacial score (nSPS) is 14.1. The number of hydrogen-bond acceptors (Lipinski definition) is 6. The number of nitrogens with one attached hydrogen (secondary N) is 1. The van der Waals surface area contributed by atoms with E-state index in [2.05, 4.69) is 5.32 Å². The van der Waals surface area contributed by atoms with Crippen molar-refractivity contribution in [2.24, 2.45) is 0 Å². The van der Waals surface area contributed by atoms with E-state index in [0.29, 0.717) is 30.3 Å². The minimum Gasteiger partial charge on any atom is -0.490 e. The highest BCUT2D eigenvalue weighted by atomic mass is 19.4. The summed E-state index contributed by atoms with van der Waals surface area (Å²) in [6.45, 7) is 2.32. The quantitative estimate of drug-likeness (QED) is 0.482. The molecular formula is C23H22F3NO6. The number of Topliss-reactive ketones (excluding diaryl/α,β-unsaturated/α-hetero) is 1. The number of hydrogen-bond donors (Lipinski definition) is 1. The van der Waals surface area contributed by atoms with Crippen molar-refractivity contribution in [3.8, 4) is 11.5 Å². The van der Waals surface area contributed by atoms with E-state index in [0.717, 1.165) is 30.7 Å². The van der Waals surface area contributed by atoms with Crippen molar-refractivity contribution in [2.45, 2.75) is 38.5 Å². The zero-order valence-electron chi connectivity index (χ0n) is 17.7. The molecule has 33 heavy (non-hydrogen) atoms. The number of carbonyl (C=O) groups is 3. The molecule has 0 bridgehead atoms. The molecular weight excluding hydrogens is 443 g/mol. The third kappa shape index (κ3) is 6.71. The van der Waals surface area contributed by atoms with Gasteiger partial charge in [0.15, 0.2) is 23.4 Å². The van der Waals surface area contributed by atoms with Crippen LogP contribution in [0.2, 0.25) is 0 Å². The molecule has 0 spiro atoms. The summed E-state index contributed by atoms with van der Waals surface area (Å²) in [4.78, 5) is 36.6. The second-order valence-electron chi connectivity index (χ2n) is 7.33. The Morgan fingerprint density at radius 3 is 2.33 bits per heavy atom. The smallest absolute Gasteiger partial charge is 0.416 e. The number of esters is 1. The van der Waals surface area contributed by atoms with Gasteiger partial charge in [0, 0.05) is 24.1 Å². The number of anilines is 1. The molecule has 1 aliphatic heterocycles. The predicted octanol–water partition coefficient (Wildman–Crippen LogP) is 4.40. The van der Waals surface area contributed by atoms with Crippen LogP contribution in [-0.2, 0) is 20.5 Å². The van der Waals surface area contributed by atoms with Crippen molar-refractivity contribution in [2.75, 3.05) is 18.5 Å². The minimum atomic E-state index is -4.48.